The first-order chi connectivity index (χ1) is 7.02. The summed E-state index contributed by atoms with van der Waals surface area (Å²) in [6.45, 7) is 3.82. The third-order valence-electron chi connectivity index (χ3n) is 2.36. The minimum absolute atomic E-state index is 0.0192. The van der Waals surface area contributed by atoms with Gasteiger partial charge in [-0.2, -0.15) is 0 Å². The monoisotopic (exact) mass is 226 g/mol. The van der Waals surface area contributed by atoms with Gasteiger partial charge in [0.2, 0.25) is 0 Å². The molecule has 82 valence electrons. The van der Waals surface area contributed by atoms with Gasteiger partial charge in [-0.3, -0.25) is 0 Å². The van der Waals surface area contributed by atoms with Crippen molar-refractivity contribution in [3.63, 3.8) is 0 Å². The van der Waals surface area contributed by atoms with E-state index >= 15 is 0 Å². The van der Waals surface area contributed by atoms with Gasteiger partial charge in [0.15, 0.2) is 0 Å². The fraction of sp³-hybridized carbons (Fsp3) is 0.364. The summed E-state index contributed by atoms with van der Waals surface area (Å²) in [6, 6.07) is 1.58. The maximum absolute atomic E-state index is 11.5. The van der Waals surface area contributed by atoms with E-state index < -0.39 is 5.97 Å². The Labute approximate surface area is 93.4 Å². The zero-order chi connectivity index (χ0) is 11.6. The lowest BCUT2D eigenvalue weighted by molar-refractivity contribution is 0.0593. The fourth-order valence-corrected chi connectivity index (χ4v) is 2.28. The molecule has 0 heterocycles. The Bertz CT molecular complexity index is 399. The van der Waals surface area contributed by atoms with Crippen LogP contribution in [0.25, 0.3) is 0 Å². The zero-order valence-corrected chi connectivity index (χ0v) is 10.1. The van der Waals surface area contributed by atoms with E-state index in [9.17, 15) is 9.90 Å². The lowest BCUT2D eigenvalue weighted by Gasteiger charge is -2.13. The Kier molecular flexibility index (Phi) is 3.63. The average Bonchev–Trinajstić information content (AvgIpc) is 2.21. The van der Waals surface area contributed by atoms with Gasteiger partial charge in [0.1, 0.15) is 11.3 Å². The lowest BCUT2D eigenvalue weighted by Crippen LogP contribution is -2.05. The highest BCUT2D eigenvalue weighted by Crippen LogP contribution is 2.34. The molecule has 0 saturated heterocycles. The average molecular weight is 226 g/mol. The molecule has 1 rings (SSSR count). The van der Waals surface area contributed by atoms with Crippen LogP contribution in [0, 0.1) is 13.8 Å². The van der Waals surface area contributed by atoms with E-state index in [0.717, 1.165) is 16.0 Å². The van der Waals surface area contributed by atoms with E-state index in [0.29, 0.717) is 0 Å². The molecule has 0 aliphatic rings. The van der Waals surface area contributed by atoms with Crippen molar-refractivity contribution in [3.8, 4) is 5.75 Å². The highest BCUT2D eigenvalue weighted by atomic mass is 32.2. The predicted octanol–water partition coefficient (Wildman–Crippen LogP) is 2.52. The second-order valence-electron chi connectivity index (χ2n) is 3.24. The summed E-state index contributed by atoms with van der Waals surface area (Å²) < 4.78 is 4.64. The van der Waals surface area contributed by atoms with Crippen molar-refractivity contribution in [2.75, 3.05) is 13.4 Å². The standard InChI is InChI=1S/C11H14O3S/c1-6-5-8(12)9(11(13)14-3)10(15-4)7(6)2/h5,12H,1-4H3. The molecule has 3 nitrogen and oxygen atoms in total. The molecule has 1 aromatic carbocycles. The molecule has 0 aliphatic carbocycles. The lowest BCUT2D eigenvalue weighted by atomic mass is 10.0. The van der Waals surface area contributed by atoms with E-state index in [1.54, 1.807) is 6.07 Å². The van der Waals surface area contributed by atoms with Crippen molar-refractivity contribution < 1.29 is 14.6 Å². The normalized spacial score (nSPS) is 10.1. The van der Waals surface area contributed by atoms with Crippen LogP contribution < -0.4 is 0 Å². The van der Waals surface area contributed by atoms with Crippen LogP contribution in [0.4, 0.5) is 0 Å². The van der Waals surface area contributed by atoms with Crippen molar-refractivity contribution >= 4 is 17.7 Å². The quantitative estimate of drug-likeness (QED) is 0.621. The molecule has 0 amide bonds. The van der Waals surface area contributed by atoms with Gasteiger partial charge < -0.3 is 9.84 Å². The number of aryl methyl sites for hydroxylation is 1. The number of aromatic hydroxyl groups is 1. The number of phenols is 1. The Morgan fingerprint density at radius 1 is 1.47 bits per heavy atom. The SMILES string of the molecule is COC(=O)c1c(O)cc(C)c(C)c1SC. The molecule has 4 heteroatoms. The molecule has 0 saturated carbocycles. The molecule has 0 aromatic heterocycles. The Morgan fingerprint density at radius 2 is 2.07 bits per heavy atom. The number of methoxy groups -OCH3 is 1. The van der Waals surface area contributed by atoms with Gasteiger partial charge in [0.05, 0.1) is 7.11 Å². The summed E-state index contributed by atoms with van der Waals surface area (Å²) in [5.74, 6) is -0.519. The van der Waals surface area contributed by atoms with Gasteiger partial charge in [-0.1, -0.05) is 0 Å². The first kappa shape index (κ1) is 11.9. The topological polar surface area (TPSA) is 46.5 Å². The van der Waals surface area contributed by atoms with E-state index in [1.807, 2.05) is 20.1 Å². The second-order valence-corrected chi connectivity index (χ2v) is 4.05. The zero-order valence-electron chi connectivity index (χ0n) is 9.25. The summed E-state index contributed by atoms with van der Waals surface area (Å²) in [7, 11) is 1.31. The van der Waals surface area contributed by atoms with Crippen LogP contribution in [-0.4, -0.2) is 24.4 Å². The Hall–Kier alpha value is -1.16. The molecule has 0 unspecified atom stereocenters. The predicted molar refractivity (Wildman–Crippen MR) is 60.7 cm³/mol. The second kappa shape index (κ2) is 4.57. The van der Waals surface area contributed by atoms with Crippen molar-refractivity contribution in [2.24, 2.45) is 0 Å². The van der Waals surface area contributed by atoms with E-state index in [4.69, 9.17) is 0 Å². The molecule has 1 aromatic rings. The van der Waals surface area contributed by atoms with Crippen molar-refractivity contribution in [1.29, 1.82) is 0 Å². The fourth-order valence-electron chi connectivity index (χ4n) is 1.42. The highest BCUT2D eigenvalue weighted by Gasteiger charge is 2.19. The van der Waals surface area contributed by atoms with Crippen LogP contribution in [-0.2, 0) is 4.74 Å². The third kappa shape index (κ3) is 2.09. The minimum Gasteiger partial charge on any atom is -0.507 e. The van der Waals surface area contributed by atoms with Gasteiger partial charge in [-0.15, -0.1) is 11.8 Å². The van der Waals surface area contributed by atoms with Crippen LogP contribution in [0.1, 0.15) is 21.5 Å². The van der Waals surface area contributed by atoms with Crippen LogP contribution in [0.2, 0.25) is 0 Å². The number of rotatable bonds is 2. The number of carbonyl (C=O) groups excluding carboxylic acids is 1. The molecule has 0 bridgehead atoms. The number of thioether (sulfide) groups is 1. The number of hydrogen-bond donors (Lipinski definition) is 1. The van der Waals surface area contributed by atoms with E-state index in [-0.39, 0.29) is 11.3 Å². The molecule has 15 heavy (non-hydrogen) atoms. The maximum atomic E-state index is 11.5. The number of hydrogen-bond acceptors (Lipinski definition) is 4. The first-order valence-corrected chi connectivity index (χ1v) is 5.70. The smallest absolute Gasteiger partial charge is 0.342 e. The maximum Gasteiger partial charge on any atom is 0.342 e. The van der Waals surface area contributed by atoms with Gasteiger partial charge >= 0.3 is 5.97 Å². The molecule has 0 fully saturated rings. The van der Waals surface area contributed by atoms with Gasteiger partial charge in [0, 0.05) is 4.90 Å². The van der Waals surface area contributed by atoms with Gasteiger partial charge in [-0.25, -0.2) is 4.79 Å². The van der Waals surface area contributed by atoms with Gasteiger partial charge in [-0.05, 0) is 37.3 Å². The summed E-state index contributed by atoms with van der Waals surface area (Å²) in [4.78, 5) is 12.3. The summed E-state index contributed by atoms with van der Waals surface area (Å²) in [5.41, 5.74) is 2.22. The molecule has 1 N–H and O–H groups in total. The number of ether oxygens (including phenoxy) is 1. The Balaban J connectivity index is 3.49. The minimum atomic E-state index is -0.500. The highest BCUT2D eigenvalue weighted by molar-refractivity contribution is 7.98. The van der Waals surface area contributed by atoms with Gasteiger partial charge in [0.25, 0.3) is 0 Å². The third-order valence-corrected chi connectivity index (χ3v) is 3.28. The van der Waals surface area contributed by atoms with E-state index in [1.165, 1.54) is 18.9 Å². The van der Waals surface area contributed by atoms with Crippen LogP contribution in [0.15, 0.2) is 11.0 Å². The molecule has 0 atom stereocenters. The number of carbonyl (C=O) groups is 1. The molecular formula is C11H14O3S. The number of esters is 1. The summed E-state index contributed by atoms with van der Waals surface area (Å²) in [6.07, 6.45) is 1.87. The largest absolute Gasteiger partial charge is 0.507 e. The van der Waals surface area contributed by atoms with Crippen molar-refractivity contribution in [2.45, 2.75) is 18.7 Å². The van der Waals surface area contributed by atoms with Crippen LogP contribution >= 0.6 is 11.8 Å². The van der Waals surface area contributed by atoms with Crippen LogP contribution in [0.3, 0.4) is 0 Å². The number of benzene rings is 1. The molecular weight excluding hydrogens is 212 g/mol. The van der Waals surface area contributed by atoms with Crippen molar-refractivity contribution in [3.05, 3.63) is 22.8 Å². The summed E-state index contributed by atoms with van der Waals surface area (Å²) >= 11 is 1.43. The molecule has 0 spiro atoms. The van der Waals surface area contributed by atoms with E-state index in [2.05, 4.69) is 4.74 Å². The number of phenolic OH excluding ortho intramolecular Hbond substituents is 1. The molecule has 0 radical (unpaired) electrons. The first-order valence-electron chi connectivity index (χ1n) is 4.48. The molecule has 0 aliphatic heterocycles. The Morgan fingerprint density at radius 3 is 2.53 bits per heavy atom. The van der Waals surface area contributed by atoms with Crippen LogP contribution in [0.5, 0.6) is 5.75 Å². The van der Waals surface area contributed by atoms with Crippen molar-refractivity contribution in [1.82, 2.24) is 0 Å². The summed E-state index contributed by atoms with van der Waals surface area (Å²) in [5, 5.41) is 9.72.